The van der Waals surface area contributed by atoms with E-state index in [2.05, 4.69) is 33.9 Å². The van der Waals surface area contributed by atoms with E-state index in [0.29, 0.717) is 0 Å². The monoisotopic (exact) mass is 302 g/mol. The number of carboxylic acid groups (broad SMARTS) is 1. The van der Waals surface area contributed by atoms with E-state index >= 15 is 0 Å². The highest BCUT2D eigenvalue weighted by Gasteiger charge is 2.36. The third kappa shape index (κ3) is 6.89. The van der Waals surface area contributed by atoms with Gasteiger partial charge in [0.1, 0.15) is 0 Å². The first-order valence-electron chi connectivity index (χ1n) is 7.77. The van der Waals surface area contributed by atoms with E-state index in [4.69, 9.17) is 9.53 Å². The van der Waals surface area contributed by atoms with Crippen molar-refractivity contribution < 1.29 is 14.3 Å². The zero-order valence-electron chi connectivity index (χ0n) is 14.5. The number of unbranched alkanes of at least 4 members (excludes halogenated alkanes) is 3. The average Bonchev–Trinajstić information content (AvgIpc) is 2.25. The van der Waals surface area contributed by atoms with Crippen molar-refractivity contribution in [1.82, 2.24) is 0 Å². The highest BCUT2D eigenvalue weighted by molar-refractivity contribution is 6.74. The SMILES string of the molecule is CC(C)(CCCCCCO[Si](C)(C)C(C)(C)C)C(=O)O. The van der Waals surface area contributed by atoms with Gasteiger partial charge in [-0.05, 0) is 44.8 Å². The summed E-state index contributed by atoms with van der Waals surface area (Å²) in [5.74, 6) is -0.696. The Labute approximate surface area is 126 Å². The van der Waals surface area contributed by atoms with Crippen molar-refractivity contribution in [2.75, 3.05) is 6.61 Å². The van der Waals surface area contributed by atoms with Gasteiger partial charge in [0.25, 0.3) is 0 Å². The zero-order chi connectivity index (χ0) is 16.0. The normalized spacial score (nSPS) is 13.6. The second-order valence-corrected chi connectivity index (χ2v) is 12.8. The summed E-state index contributed by atoms with van der Waals surface area (Å²) in [6.07, 6.45) is 5.05. The topological polar surface area (TPSA) is 46.5 Å². The van der Waals surface area contributed by atoms with E-state index in [1.807, 2.05) is 0 Å². The fourth-order valence-corrected chi connectivity index (χ4v) is 2.76. The fourth-order valence-electron chi connectivity index (χ4n) is 1.67. The summed E-state index contributed by atoms with van der Waals surface area (Å²) in [6.45, 7) is 15.8. The van der Waals surface area contributed by atoms with E-state index in [-0.39, 0.29) is 5.04 Å². The minimum atomic E-state index is -1.60. The van der Waals surface area contributed by atoms with Crippen molar-refractivity contribution in [2.24, 2.45) is 5.41 Å². The molecule has 0 radical (unpaired) electrons. The largest absolute Gasteiger partial charge is 0.481 e. The van der Waals surface area contributed by atoms with Crippen molar-refractivity contribution in [3.8, 4) is 0 Å². The average molecular weight is 303 g/mol. The van der Waals surface area contributed by atoms with Gasteiger partial charge in [-0.1, -0.05) is 40.0 Å². The maximum Gasteiger partial charge on any atom is 0.309 e. The number of hydrogen-bond donors (Lipinski definition) is 1. The van der Waals surface area contributed by atoms with Crippen LogP contribution in [0.2, 0.25) is 18.1 Å². The molecule has 3 nitrogen and oxygen atoms in total. The summed E-state index contributed by atoms with van der Waals surface area (Å²) in [4.78, 5) is 11.0. The summed E-state index contributed by atoms with van der Waals surface area (Å²) in [7, 11) is -1.60. The molecule has 0 aliphatic heterocycles. The number of aliphatic carboxylic acids is 1. The van der Waals surface area contributed by atoms with Gasteiger partial charge >= 0.3 is 5.97 Å². The smallest absolute Gasteiger partial charge is 0.309 e. The van der Waals surface area contributed by atoms with Crippen molar-refractivity contribution in [1.29, 1.82) is 0 Å². The molecule has 0 unspecified atom stereocenters. The molecule has 0 spiro atoms. The highest BCUT2D eigenvalue weighted by atomic mass is 28.4. The molecule has 0 bridgehead atoms. The second-order valence-electron chi connectivity index (χ2n) is 7.96. The van der Waals surface area contributed by atoms with Gasteiger partial charge in [0.2, 0.25) is 0 Å². The Morgan fingerprint density at radius 3 is 1.95 bits per heavy atom. The lowest BCUT2D eigenvalue weighted by Crippen LogP contribution is -2.40. The lowest BCUT2D eigenvalue weighted by Gasteiger charge is -2.36. The number of hydrogen-bond acceptors (Lipinski definition) is 2. The molecule has 0 aromatic carbocycles. The Hall–Kier alpha value is -0.353. The van der Waals surface area contributed by atoms with Crippen LogP contribution in [-0.2, 0) is 9.22 Å². The van der Waals surface area contributed by atoms with Crippen LogP contribution in [0.5, 0.6) is 0 Å². The molecule has 0 aromatic rings. The van der Waals surface area contributed by atoms with E-state index in [1.165, 1.54) is 0 Å². The third-order valence-electron chi connectivity index (χ3n) is 4.54. The predicted octanol–water partition coefficient (Wildman–Crippen LogP) is 5.07. The molecule has 0 atom stereocenters. The first-order chi connectivity index (χ1) is 8.90. The summed E-state index contributed by atoms with van der Waals surface area (Å²) in [5.41, 5.74) is -0.586. The molecule has 0 aliphatic carbocycles. The number of carbonyl (C=O) groups is 1. The summed E-state index contributed by atoms with van der Waals surface area (Å²) < 4.78 is 6.12. The van der Waals surface area contributed by atoms with Gasteiger partial charge in [-0.2, -0.15) is 0 Å². The van der Waals surface area contributed by atoms with Crippen LogP contribution in [0.4, 0.5) is 0 Å². The standard InChI is InChI=1S/C16H34O3Si/c1-15(2,3)20(6,7)19-13-11-9-8-10-12-16(4,5)14(17)18/h8-13H2,1-7H3,(H,17,18). The maximum absolute atomic E-state index is 11.0. The molecule has 0 saturated carbocycles. The van der Waals surface area contributed by atoms with Crippen LogP contribution >= 0.6 is 0 Å². The van der Waals surface area contributed by atoms with Gasteiger partial charge in [0, 0.05) is 6.61 Å². The molecule has 0 aliphatic rings. The quantitative estimate of drug-likeness (QED) is 0.478. The van der Waals surface area contributed by atoms with Crippen molar-refractivity contribution in [3.05, 3.63) is 0 Å². The van der Waals surface area contributed by atoms with Gasteiger partial charge in [-0.3, -0.25) is 4.79 Å². The predicted molar refractivity (Wildman–Crippen MR) is 87.7 cm³/mol. The van der Waals surface area contributed by atoms with Crippen LogP contribution in [0.3, 0.4) is 0 Å². The lowest BCUT2D eigenvalue weighted by molar-refractivity contribution is -0.147. The molecule has 120 valence electrons. The maximum atomic E-state index is 11.0. The van der Waals surface area contributed by atoms with Gasteiger partial charge in [-0.15, -0.1) is 0 Å². The van der Waals surface area contributed by atoms with Crippen molar-refractivity contribution >= 4 is 14.3 Å². The molecule has 0 heterocycles. The van der Waals surface area contributed by atoms with Gasteiger partial charge in [0.15, 0.2) is 8.32 Å². The molecule has 0 amide bonds. The Morgan fingerprint density at radius 2 is 1.50 bits per heavy atom. The Morgan fingerprint density at radius 1 is 1.00 bits per heavy atom. The Kier molecular flexibility index (Phi) is 7.46. The van der Waals surface area contributed by atoms with Gasteiger partial charge < -0.3 is 9.53 Å². The first-order valence-corrected chi connectivity index (χ1v) is 10.7. The molecular weight excluding hydrogens is 268 g/mol. The number of rotatable bonds is 9. The van der Waals surface area contributed by atoms with Gasteiger partial charge in [-0.25, -0.2) is 0 Å². The van der Waals surface area contributed by atoms with Crippen LogP contribution in [0, 0.1) is 5.41 Å². The fraction of sp³-hybridized carbons (Fsp3) is 0.938. The van der Waals surface area contributed by atoms with Crippen LogP contribution in [0.1, 0.15) is 66.7 Å². The molecule has 0 fully saturated rings. The first kappa shape index (κ1) is 19.6. The molecule has 20 heavy (non-hydrogen) atoms. The molecule has 0 rings (SSSR count). The van der Waals surface area contributed by atoms with Crippen molar-refractivity contribution in [2.45, 2.75) is 84.9 Å². The third-order valence-corrected chi connectivity index (χ3v) is 9.08. The highest BCUT2D eigenvalue weighted by Crippen LogP contribution is 2.36. The lowest BCUT2D eigenvalue weighted by atomic mass is 9.87. The zero-order valence-corrected chi connectivity index (χ0v) is 15.5. The summed E-state index contributed by atoms with van der Waals surface area (Å²) >= 11 is 0. The van der Waals surface area contributed by atoms with E-state index < -0.39 is 19.7 Å². The molecule has 1 N–H and O–H groups in total. The molecule has 0 saturated heterocycles. The van der Waals surface area contributed by atoms with Crippen LogP contribution < -0.4 is 0 Å². The van der Waals surface area contributed by atoms with Crippen molar-refractivity contribution in [3.63, 3.8) is 0 Å². The molecule has 4 heteroatoms. The Balaban J connectivity index is 3.73. The summed E-state index contributed by atoms with van der Waals surface area (Å²) in [6, 6.07) is 0. The summed E-state index contributed by atoms with van der Waals surface area (Å²) in [5, 5.41) is 9.31. The van der Waals surface area contributed by atoms with E-state index in [9.17, 15) is 4.79 Å². The van der Waals surface area contributed by atoms with Crippen LogP contribution in [0.25, 0.3) is 0 Å². The molecule has 0 aromatic heterocycles. The van der Waals surface area contributed by atoms with E-state index in [0.717, 1.165) is 38.7 Å². The molecular formula is C16H34O3Si. The Bertz CT molecular complexity index is 303. The van der Waals surface area contributed by atoms with Crippen LogP contribution in [-0.4, -0.2) is 26.0 Å². The number of carboxylic acids is 1. The second kappa shape index (κ2) is 7.60. The van der Waals surface area contributed by atoms with Gasteiger partial charge in [0.05, 0.1) is 5.41 Å². The van der Waals surface area contributed by atoms with Crippen LogP contribution in [0.15, 0.2) is 0 Å². The minimum absolute atomic E-state index is 0.276. The minimum Gasteiger partial charge on any atom is -0.481 e. The van der Waals surface area contributed by atoms with E-state index in [1.54, 1.807) is 13.8 Å².